The zero-order valence-electron chi connectivity index (χ0n) is 11.3. The molecule has 0 heterocycles. The van der Waals surface area contributed by atoms with E-state index in [9.17, 15) is 14.8 Å². The average molecular weight is 512 g/mol. The molecule has 0 bridgehead atoms. The molecule has 0 saturated heterocycles. The van der Waals surface area contributed by atoms with Crippen LogP contribution in [-0.2, 0) is 24.3 Å². The summed E-state index contributed by atoms with van der Waals surface area (Å²) in [4.78, 5) is 22.3. The zero-order valence-corrected chi connectivity index (χ0v) is 15.6. The summed E-state index contributed by atoms with van der Waals surface area (Å²) in [7, 11) is 0. The van der Waals surface area contributed by atoms with Crippen molar-refractivity contribution in [3.63, 3.8) is 0 Å². The summed E-state index contributed by atoms with van der Waals surface area (Å²) >= 11 is 4.38. The van der Waals surface area contributed by atoms with E-state index in [2.05, 4.69) is 45.2 Å². The minimum Gasteiger partial charge on any atom is -0.464 e. The van der Waals surface area contributed by atoms with E-state index in [1.807, 2.05) is 0 Å². The average Bonchev–Trinajstić information content (AvgIpc) is 2.42. The minimum absolute atomic E-state index is 0.0758. The van der Waals surface area contributed by atoms with E-state index in [1.54, 1.807) is 0 Å². The van der Waals surface area contributed by atoms with E-state index < -0.39 is 0 Å². The second-order valence-corrected chi connectivity index (χ2v) is 6.11. The van der Waals surface area contributed by atoms with Crippen molar-refractivity contribution in [3.8, 4) is 0 Å². The summed E-state index contributed by atoms with van der Waals surface area (Å²) < 4.78 is 11.6. The van der Waals surface area contributed by atoms with Crippen LogP contribution in [-0.4, -0.2) is 52.2 Å². The third-order valence-corrected chi connectivity index (χ3v) is 3.76. The van der Waals surface area contributed by atoms with Gasteiger partial charge in [-0.2, -0.15) is 0 Å². The molecule has 0 amide bonds. The minimum atomic E-state index is -0.278. The van der Waals surface area contributed by atoms with E-state index in [-0.39, 0.29) is 38.2 Å². The number of rotatable bonds is 12. The van der Waals surface area contributed by atoms with Gasteiger partial charge < -0.3 is 9.47 Å². The Morgan fingerprint density at radius 3 is 1.60 bits per heavy atom. The highest BCUT2D eigenvalue weighted by molar-refractivity contribution is 14.1. The van der Waals surface area contributed by atoms with Crippen LogP contribution in [0.15, 0.2) is 0 Å². The maximum Gasteiger partial charge on any atom is 0.305 e. The highest BCUT2D eigenvalue weighted by Gasteiger charge is 2.08. The summed E-state index contributed by atoms with van der Waals surface area (Å²) in [6, 6.07) is 0. The molecule has 0 N–H and O–H groups in total. The van der Waals surface area contributed by atoms with E-state index in [4.69, 9.17) is 9.47 Å². The van der Waals surface area contributed by atoms with Gasteiger partial charge in [-0.15, -0.1) is 10.3 Å². The number of halogens is 2. The number of hydroxylamine groups is 2. The van der Waals surface area contributed by atoms with Gasteiger partial charge in [-0.05, 0) is 12.8 Å². The molecule has 20 heavy (non-hydrogen) atoms. The molecular weight excluding hydrogens is 492 g/mol. The topological polar surface area (TPSA) is 75.7 Å². The van der Waals surface area contributed by atoms with Crippen LogP contribution < -0.4 is 0 Å². The predicted molar refractivity (Wildman–Crippen MR) is 90.4 cm³/mol. The van der Waals surface area contributed by atoms with Gasteiger partial charge in [-0.25, -0.2) is 0 Å². The fourth-order valence-electron chi connectivity index (χ4n) is 1.20. The number of carbonyl (C=O) groups excluding carboxylic acids is 2. The van der Waals surface area contributed by atoms with Crippen LogP contribution >= 0.6 is 45.2 Å². The molecule has 0 aliphatic carbocycles. The van der Waals surface area contributed by atoms with Gasteiger partial charge in [0.25, 0.3) is 0 Å². The number of hydrogen-bond donors (Lipinski definition) is 0. The maximum atomic E-state index is 11.4. The van der Waals surface area contributed by atoms with Gasteiger partial charge >= 0.3 is 11.9 Å². The second kappa shape index (κ2) is 14.3. The van der Waals surface area contributed by atoms with Gasteiger partial charge in [0.15, 0.2) is 0 Å². The maximum absolute atomic E-state index is 11.4. The Hall–Kier alpha value is 0.320. The molecule has 0 rings (SSSR count). The van der Waals surface area contributed by atoms with Gasteiger partial charge in [-0.1, -0.05) is 45.2 Å². The third kappa shape index (κ3) is 13.3. The highest BCUT2D eigenvalue weighted by Crippen LogP contribution is 1.98. The molecule has 0 fully saturated rings. The lowest BCUT2D eigenvalue weighted by Crippen LogP contribution is -2.28. The molecule has 0 atom stereocenters. The van der Waals surface area contributed by atoms with Crippen LogP contribution in [0.4, 0.5) is 0 Å². The molecule has 8 heteroatoms. The lowest BCUT2D eigenvalue weighted by atomic mass is 10.3. The SMILES string of the molecule is [O]N(CCOC(=O)CCCI)CCOC(=O)CCCI. The molecule has 6 nitrogen and oxygen atoms in total. The molecule has 1 radical (unpaired) electrons. The van der Waals surface area contributed by atoms with Gasteiger partial charge in [0.05, 0.1) is 13.1 Å². The van der Waals surface area contributed by atoms with Crippen molar-refractivity contribution in [2.45, 2.75) is 25.7 Å². The smallest absolute Gasteiger partial charge is 0.305 e. The number of hydrogen-bond acceptors (Lipinski definition) is 5. The molecule has 0 aromatic carbocycles. The van der Waals surface area contributed by atoms with Crippen LogP contribution in [0.1, 0.15) is 25.7 Å². The first-order valence-electron chi connectivity index (χ1n) is 6.45. The molecule has 0 aliphatic rings. The summed E-state index contributed by atoms with van der Waals surface area (Å²) in [6.07, 6.45) is 2.34. The Morgan fingerprint density at radius 1 is 0.850 bits per heavy atom. The number of ether oxygens (including phenoxy) is 2. The van der Waals surface area contributed by atoms with Crippen LogP contribution in [0.5, 0.6) is 0 Å². The second-order valence-electron chi connectivity index (χ2n) is 3.96. The van der Waals surface area contributed by atoms with Crippen LogP contribution in [0.2, 0.25) is 0 Å². The number of nitrogens with zero attached hydrogens (tertiary/aromatic N) is 1. The predicted octanol–water partition coefficient (Wildman–Crippen LogP) is 2.15. The highest BCUT2D eigenvalue weighted by atomic mass is 127. The molecule has 117 valence electrons. The van der Waals surface area contributed by atoms with Crippen molar-refractivity contribution in [3.05, 3.63) is 0 Å². The Labute approximate surface area is 146 Å². The quantitative estimate of drug-likeness (QED) is 0.174. The van der Waals surface area contributed by atoms with Gasteiger partial charge in [0, 0.05) is 21.7 Å². The van der Waals surface area contributed by atoms with E-state index in [0.29, 0.717) is 12.8 Å². The Bertz CT molecular complexity index is 253. The van der Waals surface area contributed by atoms with Crippen molar-refractivity contribution >= 4 is 57.1 Å². The Morgan fingerprint density at radius 2 is 1.25 bits per heavy atom. The van der Waals surface area contributed by atoms with Crippen molar-refractivity contribution in [1.29, 1.82) is 0 Å². The molecule has 0 saturated carbocycles. The Kier molecular flexibility index (Phi) is 14.5. The van der Waals surface area contributed by atoms with Gasteiger partial charge in [-0.3, -0.25) is 9.59 Å². The largest absolute Gasteiger partial charge is 0.464 e. The third-order valence-electron chi connectivity index (χ3n) is 2.24. The van der Waals surface area contributed by atoms with Crippen molar-refractivity contribution in [2.75, 3.05) is 35.2 Å². The zero-order chi connectivity index (χ0) is 15.2. The molecule has 0 aromatic rings. The van der Waals surface area contributed by atoms with Crippen molar-refractivity contribution in [1.82, 2.24) is 5.06 Å². The van der Waals surface area contributed by atoms with E-state index in [1.165, 1.54) is 0 Å². The van der Waals surface area contributed by atoms with Gasteiger partial charge in [0.2, 0.25) is 0 Å². The monoisotopic (exact) mass is 512 g/mol. The fraction of sp³-hybridized carbons (Fsp3) is 0.833. The van der Waals surface area contributed by atoms with Crippen molar-refractivity contribution < 1.29 is 24.3 Å². The van der Waals surface area contributed by atoms with E-state index >= 15 is 0 Å². The number of esters is 2. The first-order valence-corrected chi connectivity index (χ1v) is 9.50. The molecule has 0 unspecified atom stereocenters. The van der Waals surface area contributed by atoms with Gasteiger partial charge in [0.1, 0.15) is 13.2 Å². The lowest BCUT2D eigenvalue weighted by Gasteiger charge is -2.12. The summed E-state index contributed by atoms with van der Waals surface area (Å²) in [6.45, 7) is 0.348. The lowest BCUT2D eigenvalue weighted by molar-refractivity contribution is -0.178. The fourth-order valence-corrected chi connectivity index (χ4v) is 1.96. The van der Waals surface area contributed by atoms with E-state index in [0.717, 1.165) is 26.8 Å². The molecule has 0 aliphatic heterocycles. The molecule has 0 aromatic heterocycles. The summed E-state index contributed by atoms with van der Waals surface area (Å²) in [5.74, 6) is -0.555. The molecular formula is C12H20I2NO5. The van der Waals surface area contributed by atoms with Crippen LogP contribution in [0.25, 0.3) is 0 Å². The Balaban J connectivity index is 3.47. The standard InChI is InChI=1S/C12H20I2NO5/c13-5-1-3-11(16)19-9-7-15(18)8-10-20-12(17)4-2-6-14/h1-10H2. The first kappa shape index (κ1) is 20.3. The first-order chi connectivity index (χ1) is 9.60. The van der Waals surface area contributed by atoms with Crippen LogP contribution in [0, 0.1) is 0 Å². The summed E-state index contributed by atoms with van der Waals surface area (Å²) in [5.41, 5.74) is 0. The normalized spacial score (nSPS) is 10.6. The molecule has 0 spiro atoms. The summed E-state index contributed by atoms with van der Waals surface area (Å²) in [5, 5.41) is 12.1. The van der Waals surface area contributed by atoms with Crippen molar-refractivity contribution in [2.24, 2.45) is 0 Å². The van der Waals surface area contributed by atoms with Crippen LogP contribution in [0.3, 0.4) is 0 Å². The number of carbonyl (C=O) groups is 2. The number of alkyl halides is 2.